The summed E-state index contributed by atoms with van der Waals surface area (Å²) < 4.78 is 5.33. The number of hydrogen-bond acceptors (Lipinski definition) is 3. The molecule has 0 aliphatic rings. The van der Waals surface area contributed by atoms with Gasteiger partial charge in [0.05, 0.1) is 5.56 Å². The third kappa shape index (κ3) is 3.26. The highest BCUT2D eigenvalue weighted by atomic mass is 16.3. The van der Waals surface area contributed by atoms with Crippen LogP contribution >= 0.6 is 0 Å². The number of furan rings is 1. The molecule has 0 saturated heterocycles. The van der Waals surface area contributed by atoms with Gasteiger partial charge in [-0.1, -0.05) is 6.07 Å². The minimum atomic E-state index is -0.237. The Balaban J connectivity index is 2.15. The summed E-state index contributed by atoms with van der Waals surface area (Å²) in [6, 6.07) is 8.66. The highest BCUT2D eigenvalue weighted by Gasteiger charge is 2.13. The van der Waals surface area contributed by atoms with E-state index in [1.54, 1.807) is 44.2 Å². The lowest BCUT2D eigenvalue weighted by atomic mass is 10.2. The summed E-state index contributed by atoms with van der Waals surface area (Å²) in [7, 11) is 0. The molecule has 104 valence electrons. The van der Waals surface area contributed by atoms with Crippen molar-refractivity contribution in [3.05, 3.63) is 47.4 Å². The molecule has 0 unspecified atom stereocenters. The van der Waals surface area contributed by atoms with Gasteiger partial charge in [-0.25, -0.2) is 0 Å². The zero-order valence-electron chi connectivity index (χ0n) is 11.6. The summed E-state index contributed by atoms with van der Waals surface area (Å²) in [6.07, 6.45) is 0. The predicted molar refractivity (Wildman–Crippen MR) is 76.9 cm³/mol. The monoisotopic (exact) mass is 272 g/mol. The smallest absolute Gasteiger partial charge is 0.259 e. The summed E-state index contributed by atoms with van der Waals surface area (Å²) in [5.74, 6) is 0.881. The van der Waals surface area contributed by atoms with Crippen LogP contribution in [0.1, 0.15) is 28.8 Å². The van der Waals surface area contributed by atoms with Gasteiger partial charge in [0.15, 0.2) is 0 Å². The van der Waals surface area contributed by atoms with E-state index >= 15 is 0 Å². The first-order valence-electron chi connectivity index (χ1n) is 6.22. The number of amides is 2. The van der Waals surface area contributed by atoms with E-state index in [-0.39, 0.29) is 11.8 Å². The van der Waals surface area contributed by atoms with Crippen LogP contribution in [0, 0.1) is 13.8 Å². The van der Waals surface area contributed by atoms with Crippen LogP contribution < -0.4 is 10.6 Å². The lowest BCUT2D eigenvalue weighted by Crippen LogP contribution is -2.12. The highest BCUT2D eigenvalue weighted by Crippen LogP contribution is 2.18. The van der Waals surface area contributed by atoms with Crippen molar-refractivity contribution < 1.29 is 14.0 Å². The number of benzene rings is 1. The Morgan fingerprint density at radius 1 is 1.05 bits per heavy atom. The molecule has 1 aromatic heterocycles. The molecule has 2 rings (SSSR count). The van der Waals surface area contributed by atoms with Gasteiger partial charge in [0.25, 0.3) is 5.91 Å². The van der Waals surface area contributed by atoms with E-state index in [1.165, 1.54) is 6.92 Å². The van der Waals surface area contributed by atoms with E-state index in [9.17, 15) is 9.59 Å². The molecule has 1 heterocycles. The van der Waals surface area contributed by atoms with Gasteiger partial charge in [0.1, 0.15) is 11.5 Å². The molecule has 0 fully saturated rings. The van der Waals surface area contributed by atoms with E-state index in [1.807, 2.05) is 0 Å². The average molecular weight is 272 g/mol. The molecular formula is C15H16N2O3. The van der Waals surface area contributed by atoms with Gasteiger partial charge in [-0.3, -0.25) is 9.59 Å². The summed E-state index contributed by atoms with van der Waals surface area (Å²) >= 11 is 0. The summed E-state index contributed by atoms with van der Waals surface area (Å²) in [5, 5.41) is 5.44. The molecule has 0 atom stereocenters. The van der Waals surface area contributed by atoms with E-state index < -0.39 is 0 Å². The molecule has 0 spiro atoms. The molecule has 5 heteroatoms. The SMILES string of the molecule is CC(=O)Nc1cccc(NC(=O)c2cc(C)oc2C)c1. The van der Waals surface area contributed by atoms with Gasteiger partial charge in [0.2, 0.25) is 5.91 Å². The van der Waals surface area contributed by atoms with E-state index in [2.05, 4.69) is 10.6 Å². The number of carbonyl (C=O) groups excluding carboxylic acids is 2. The second-order valence-electron chi connectivity index (χ2n) is 4.54. The zero-order valence-corrected chi connectivity index (χ0v) is 11.6. The fourth-order valence-corrected chi connectivity index (χ4v) is 1.93. The molecular weight excluding hydrogens is 256 g/mol. The highest BCUT2D eigenvalue weighted by molar-refractivity contribution is 6.05. The van der Waals surface area contributed by atoms with Crippen molar-refractivity contribution in [1.29, 1.82) is 0 Å². The van der Waals surface area contributed by atoms with Crippen molar-refractivity contribution in [3.63, 3.8) is 0 Å². The molecule has 0 radical (unpaired) electrons. The fourth-order valence-electron chi connectivity index (χ4n) is 1.93. The molecule has 1 aromatic carbocycles. The van der Waals surface area contributed by atoms with Gasteiger partial charge in [-0.15, -0.1) is 0 Å². The first kappa shape index (κ1) is 13.9. The lowest BCUT2D eigenvalue weighted by Gasteiger charge is -2.07. The number of aryl methyl sites for hydroxylation is 2. The van der Waals surface area contributed by atoms with Crippen molar-refractivity contribution in [3.8, 4) is 0 Å². The molecule has 2 aromatic rings. The normalized spacial score (nSPS) is 10.2. The standard InChI is InChI=1S/C15H16N2O3/c1-9-7-14(10(2)20-9)15(19)17-13-6-4-5-12(8-13)16-11(3)18/h4-8H,1-3H3,(H,16,18)(H,17,19). The molecule has 20 heavy (non-hydrogen) atoms. The lowest BCUT2D eigenvalue weighted by molar-refractivity contribution is -0.114. The predicted octanol–water partition coefficient (Wildman–Crippen LogP) is 3.11. The second kappa shape index (κ2) is 5.61. The van der Waals surface area contributed by atoms with Crippen molar-refractivity contribution in [2.24, 2.45) is 0 Å². The van der Waals surface area contributed by atoms with Gasteiger partial charge in [0, 0.05) is 18.3 Å². The Morgan fingerprint density at radius 2 is 1.70 bits per heavy atom. The first-order valence-corrected chi connectivity index (χ1v) is 6.22. The molecule has 5 nitrogen and oxygen atoms in total. The van der Waals surface area contributed by atoms with Crippen molar-refractivity contribution >= 4 is 23.2 Å². The minimum Gasteiger partial charge on any atom is -0.466 e. The van der Waals surface area contributed by atoms with Crippen LogP contribution in [0.4, 0.5) is 11.4 Å². The van der Waals surface area contributed by atoms with Gasteiger partial charge in [-0.05, 0) is 38.1 Å². The summed E-state index contributed by atoms with van der Waals surface area (Å²) in [4.78, 5) is 23.1. The molecule has 2 amide bonds. The maximum absolute atomic E-state index is 12.1. The van der Waals surface area contributed by atoms with Crippen molar-refractivity contribution in [2.45, 2.75) is 20.8 Å². The Hall–Kier alpha value is -2.56. The van der Waals surface area contributed by atoms with E-state index in [4.69, 9.17) is 4.42 Å². The molecule has 0 saturated carbocycles. The van der Waals surface area contributed by atoms with Gasteiger partial charge < -0.3 is 15.1 Å². The largest absolute Gasteiger partial charge is 0.466 e. The first-order chi connectivity index (χ1) is 9.45. The fraction of sp³-hybridized carbons (Fsp3) is 0.200. The number of rotatable bonds is 3. The van der Waals surface area contributed by atoms with Crippen LogP contribution in [0.3, 0.4) is 0 Å². The Kier molecular flexibility index (Phi) is 3.89. The van der Waals surface area contributed by atoms with Gasteiger partial charge in [-0.2, -0.15) is 0 Å². The third-order valence-electron chi connectivity index (χ3n) is 2.73. The second-order valence-corrected chi connectivity index (χ2v) is 4.54. The van der Waals surface area contributed by atoms with Crippen LogP contribution in [0.2, 0.25) is 0 Å². The summed E-state index contributed by atoms with van der Waals surface area (Å²) in [5.41, 5.74) is 1.75. The van der Waals surface area contributed by atoms with E-state index in [0.29, 0.717) is 28.5 Å². The van der Waals surface area contributed by atoms with Crippen LogP contribution in [0.5, 0.6) is 0 Å². The van der Waals surface area contributed by atoms with Crippen LogP contribution in [0.25, 0.3) is 0 Å². The number of carbonyl (C=O) groups is 2. The maximum Gasteiger partial charge on any atom is 0.259 e. The Labute approximate surface area is 117 Å². The van der Waals surface area contributed by atoms with Crippen molar-refractivity contribution in [1.82, 2.24) is 0 Å². The molecule has 0 aliphatic carbocycles. The topological polar surface area (TPSA) is 71.3 Å². The third-order valence-corrected chi connectivity index (χ3v) is 2.73. The molecule has 2 N–H and O–H groups in total. The number of nitrogens with one attached hydrogen (secondary N) is 2. The number of hydrogen-bond donors (Lipinski definition) is 2. The van der Waals surface area contributed by atoms with Crippen LogP contribution in [-0.2, 0) is 4.79 Å². The van der Waals surface area contributed by atoms with Crippen LogP contribution in [0.15, 0.2) is 34.7 Å². The Morgan fingerprint density at radius 3 is 2.25 bits per heavy atom. The van der Waals surface area contributed by atoms with Crippen LogP contribution in [-0.4, -0.2) is 11.8 Å². The van der Waals surface area contributed by atoms with Crippen molar-refractivity contribution in [2.75, 3.05) is 10.6 Å². The quantitative estimate of drug-likeness (QED) is 0.901. The van der Waals surface area contributed by atoms with Gasteiger partial charge >= 0.3 is 0 Å². The minimum absolute atomic E-state index is 0.158. The Bertz CT molecular complexity index is 659. The molecule has 0 aliphatic heterocycles. The average Bonchev–Trinajstić information content (AvgIpc) is 2.68. The maximum atomic E-state index is 12.1. The van der Waals surface area contributed by atoms with E-state index in [0.717, 1.165) is 0 Å². The summed E-state index contributed by atoms with van der Waals surface area (Å²) in [6.45, 7) is 4.97. The zero-order chi connectivity index (χ0) is 14.7. The number of anilines is 2. The molecule has 0 bridgehead atoms.